The molecule has 5 nitrogen and oxygen atoms in total. The second-order valence-electron chi connectivity index (χ2n) is 6.40. The lowest BCUT2D eigenvalue weighted by Crippen LogP contribution is -2.13. The fraction of sp³-hybridized carbons (Fsp3) is 0.211. The molecule has 0 aliphatic carbocycles. The van der Waals surface area contributed by atoms with Crippen molar-refractivity contribution < 1.29 is 4.39 Å². The summed E-state index contributed by atoms with van der Waals surface area (Å²) >= 11 is 6.22. The van der Waals surface area contributed by atoms with E-state index in [-0.39, 0.29) is 5.82 Å². The number of fused-ring (bicyclic) bond motifs is 3. The molecule has 0 bridgehead atoms. The molecular weight excluding hydrogens is 353 g/mol. The SMILES string of the molecule is CN(C)Cc1nc2n(n1)-c1ccc(Cl)cc1C(c1ccccc1F)=NC2. The Hall–Kier alpha value is -2.57. The van der Waals surface area contributed by atoms with E-state index in [9.17, 15) is 4.39 Å². The summed E-state index contributed by atoms with van der Waals surface area (Å²) in [4.78, 5) is 11.3. The van der Waals surface area contributed by atoms with E-state index in [0.717, 1.165) is 22.9 Å². The highest BCUT2D eigenvalue weighted by Gasteiger charge is 2.23. The van der Waals surface area contributed by atoms with Crippen molar-refractivity contribution in [2.75, 3.05) is 14.1 Å². The van der Waals surface area contributed by atoms with Gasteiger partial charge in [0.2, 0.25) is 0 Å². The number of hydrogen-bond acceptors (Lipinski definition) is 4. The quantitative estimate of drug-likeness (QED) is 0.710. The van der Waals surface area contributed by atoms with E-state index in [1.165, 1.54) is 6.07 Å². The molecule has 1 aromatic heterocycles. The molecule has 0 saturated heterocycles. The van der Waals surface area contributed by atoms with Crippen molar-refractivity contribution in [1.29, 1.82) is 0 Å². The Morgan fingerprint density at radius 2 is 1.96 bits per heavy atom. The van der Waals surface area contributed by atoms with Gasteiger partial charge in [-0.2, -0.15) is 0 Å². The number of aliphatic imine (C=N–C) groups is 1. The van der Waals surface area contributed by atoms with E-state index in [2.05, 4.69) is 15.1 Å². The van der Waals surface area contributed by atoms with Gasteiger partial charge in [0, 0.05) is 16.1 Å². The predicted octanol–water partition coefficient (Wildman–Crippen LogP) is 3.47. The van der Waals surface area contributed by atoms with Crippen molar-refractivity contribution in [3.05, 3.63) is 76.1 Å². The molecule has 0 N–H and O–H groups in total. The van der Waals surface area contributed by atoms with E-state index in [1.807, 2.05) is 25.1 Å². The third-order valence-electron chi connectivity index (χ3n) is 4.13. The first kappa shape index (κ1) is 16.9. The average Bonchev–Trinajstić information content (AvgIpc) is 2.92. The van der Waals surface area contributed by atoms with Crippen molar-refractivity contribution in [2.45, 2.75) is 13.1 Å². The van der Waals surface area contributed by atoms with E-state index in [4.69, 9.17) is 11.6 Å². The van der Waals surface area contributed by atoms with Gasteiger partial charge >= 0.3 is 0 Å². The standard InChI is InChI=1S/C19H17ClFN5/c1-25(2)11-17-23-18-10-22-19(13-5-3-4-6-15(13)21)14-9-12(20)7-8-16(14)26(18)24-17/h3-9H,10-11H2,1-2H3. The van der Waals surface area contributed by atoms with Crippen LogP contribution < -0.4 is 0 Å². The lowest BCUT2D eigenvalue weighted by molar-refractivity contribution is 0.390. The maximum atomic E-state index is 14.4. The van der Waals surface area contributed by atoms with Crippen molar-refractivity contribution in [2.24, 2.45) is 4.99 Å². The van der Waals surface area contributed by atoms with Gasteiger partial charge in [0.15, 0.2) is 11.6 Å². The van der Waals surface area contributed by atoms with Crippen molar-refractivity contribution in [1.82, 2.24) is 19.7 Å². The van der Waals surface area contributed by atoms with Crippen LogP contribution in [-0.4, -0.2) is 39.5 Å². The molecule has 1 aliphatic rings. The number of aromatic nitrogens is 3. The molecule has 0 amide bonds. The lowest BCUT2D eigenvalue weighted by Gasteiger charge is -2.12. The zero-order chi connectivity index (χ0) is 18.3. The summed E-state index contributed by atoms with van der Waals surface area (Å²) in [6.45, 7) is 0.948. The Morgan fingerprint density at radius 3 is 2.73 bits per heavy atom. The number of rotatable bonds is 3. The zero-order valence-electron chi connectivity index (χ0n) is 14.4. The molecule has 1 aliphatic heterocycles. The summed E-state index contributed by atoms with van der Waals surface area (Å²) in [7, 11) is 3.93. The van der Waals surface area contributed by atoms with Crippen LogP contribution in [0.2, 0.25) is 5.02 Å². The van der Waals surface area contributed by atoms with Gasteiger partial charge < -0.3 is 4.90 Å². The molecule has 132 valence electrons. The normalized spacial score (nSPS) is 13.2. The molecular formula is C19H17ClFN5. The van der Waals surface area contributed by atoms with Crippen LogP contribution in [0.4, 0.5) is 4.39 Å². The van der Waals surface area contributed by atoms with Gasteiger partial charge in [-0.15, -0.1) is 5.10 Å². The fourth-order valence-corrected chi connectivity index (χ4v) is 3.21. The van der Waals surface area contributed by atoms with E-state index in [1.54, 1.807) is 35.0 Å². The Bertz CT molecular complexity index is 1010. The zero-order valence-corrected chi connectivity index (χ0v) is 15.2. The molecule has 2 aromatic carbocycles. The van der Waals surface area contributed by atoms with Crippen LogP contribution in [0.3, 0.4) is 0 Å². The first-order chi connectivity index (χ1) is 12.5. The summed E-state index contributed by atoms with van der Waals surface area (Å²) in [5.74, 6) is 1.12. The van der Waals surface area contributed by atoms with E-state index >= 15 is 0 Å². The lowest BCUT2D eigenvalue weighted by atomic mass is 10.00. The maximum Gasteiger partial charge on any atom is 0.165 e. The Balaban J connectivity index is 1.90. The van der Waals surface area contributed by atoms with Crippen molar-refractivity contribution in [3.63, 3.8) is 0 Å². The summed E-state index contributed by atoms with van der Waals surface area (Å²) in [5, 5.41) is 5.19. The Labute approximate surface area is 155 Å². The number of hydrogen-bond donors (Lipinski definition) is 0. The third-order valence-corrected chi connectivity index (χ3v) is 4.36. The molecule has 0 atom stereocenters. The molecule has 0 fully saturated rings. The number of halogens is 2. The Kier molecular flexibility index (Phi) is 4.30. The molecule has 0 spiro atoms. The van der Waals surface area contributed by atoms with Crippen molar-refractivity contribution >= 4 is 17.3 Å². The van der Waals surface area contributed by atoms with Crippen LogP contribution in [0.1, 0.15) is 22.8 Å². The van der Waals surface area contributed by atoms with Gasteiger partial charge in [0.05, 0.1) is 24.5 Å². The van der Waals surface area contributed by atoms with Gasteiger partial charge in [0.25, 0.3) is 0 Å². The van der Waals surface area contributed by atoms with Crippen LogP contribution in [0.5, 0.6) is 0 Å². The van der Waals surface area contributed by atoms with Crippen LogP contribution in [0.25, 0.3) is 5.69 Å². The average molecular weight is 370 g/mol. The fourth-order valence-electron chi connectivity index (χ4n) is 3.04. The van der Waals surface area contributed by atoms with Crippen LogP contribution in [0.15, 0.2) is 47.5 Å². The molecule has 0 unspecified atom stereocenters. The van der Waals surface area contributed by atoms with Gasteiger partial charge in [-0.1, -0.05) is 23.7 Å². The van der Waals surface area contributed by atoms with Crippen LogP contribution in [-0.2, 0) is 13.1 Å². The van der Waals surface area contributed by atoms with Crippen LogP contribution in [0, 0.1) is 5.82 Å². The van der Waals surface area contributed by atoms with Crippen molar-refractivity contribution in [3.8, 4) is 5.69 Å². The monoisotopic (exact) mass is 369 g/mol. The molecule has 3 aromatic rings. The molecule has 4 rings (SSSR count). The van der Waals surface area contributed by atoms with E-state index < -0.39 is 0 Å². The second-order valence-corrected chi connectivity index (χ2v) is 6.84. The smallest absolute Gasteiger partial charge is 0.165 e. The number of benzene rings is 2. The van der Waals surface area contributed by atoms with Crippen LogP contribution >= 0.6 is 11.6 Å². The highest BCUT2D eigenvalue weighted by atomic mass is 35.5. The largest absolute Gasteiger partial charge is 0.302 e. The third kappa shape index (κ3) is 3.02. The summed E-state index contributed by atoms with van der Waals surface area (Å²) < 4.78 is 16.2. The van der Waals surface area contributed by atoms with Gasteiger partial charge in [0.1, 0.15) is 5.82 Å². The van der Waals surface area contributed by atoms with Gasteiger partial charge in [-0.3, -0.25) is 4.99 Å². The minimum Gasteiger partial charge on any atom is -0.302 e. The maximum absolute atomic E-state index is 14.4. The summed E-state index contributed by atoms with van der Waals surface area (Å²) in [6, 6.07) is 12.1. The summed E-state index contributed by atoms with van der Waals surface area (Å²) in [6.07, 6.45) is 0. The molecule has 0 radical (unpaired) electrons. The predicted molar refractivity (Wildman–Crippen MR) is 99.5 cm³/mol. The first-order valence-corrected chi connectivity index (χ1v) is 8.60. The highest BCUT2D eigenvalue weighted by Crippen LogP contribution is 2.27. The molecule has 26 heavy (non-hydrogen) atoms. The molecule has 2 heterocycles. The topological polar surface area (TPSA) is 46.3 Å². The van der Waals surface area contributed by atoms with Gasteiger partial charge in [-0.25, -0.2) is 14.1 Å². The van der Waals surface area contributed by atoms with Gasteiger partial charge in [-0.05, 0) is 44.4 Å². The summed E-state index contributed by atoms with van der Waals surface area (Å²) in [5.41, 5.74) is 2.53. The minimum absolute atomic E-state index is 0.316. The van der Waals surface area contributed by atoms with E-state index in [0.29, 0.717) is 29.4 Å². The molecule has 7 heteroatoms. The Morgan fingerprint density at radius 1 is 1.15 bits per heavy atom. The minimum atomic E-state index is -0.321. The molecule has 0 saturated carbocycles. The first-order valence-electron chi connectivity index (χ1n) is 8.22. The second kappa shape index (κ2) is 6.63. The highest BCUT2D eigenvalue weighted by molar-refractivity contribution is 6.31. The number of nitrogens with zero attached hydrogens (tertiary/aromatic N) is 5.